The van der Waals surface area contributed by atoms with Crippen LogP contribution in [-0.2, 0) is 0 Å². The number of nitrogens with two attached hydrogens (primary N) is 1. The van der Waals surface area contributed by atoms with Crippen molar-refractivity contribution in [1.29, 1.82) is 0 Å². The van der Waals surface area contributed by atoms with Crippen molar-refractivity contribution in [3.8, 4) is 22.5 Å². The number of hydrogen-bond acceptors (Lipinski definition) is 5. The minimum atomic E-state index is 0.468. The van der Waals surface area contributed by atoms with Crippen molar-refractivity contribution >= 4 is 22.2 Å². The highest BCUT2D eigenvalue weighted by Crippen LogP contribution is 2.37. The summed E-state index contributed by atoms with van der Waals surface area (Å²) in [6.45, 7) is 0. The molecule has 1 saturated carbocycles. The van der Waals surface area contributed by atoms with E-state index in [0.29, 0.717) is 11.7 Å². The molecule has 0 unspecified atom stereocenters. The number of nitrogen functional groups attached to an aromatic ring is 1. The molecule has 3 heterocycles. The Morgan fingerprint density at radius 2 is 1.65 bits per heavy atom. The van der Waals surface area contributed by atoms with Crippen molar-refractivity contribution in [1.82, 2.24) is 19.4 Å². The molecule has 172 valence electrons. The number of rotatable bonds is 3. The van der Waals surface area contributed by atoms with Gasteiger partial charge in [0.05, 0.1) is 11.2 Å². The van der Waals surface area contributed by atoms with E-state index in [0.717, 1.165) is 51.9 Å². The highest BCUT2D eigenvalue weighted by molar-refractivity contribution is 5.91. The van der Waals surface area contributed by atoms with Crippen LogP contribution in [0, 0.1) is 0 Å². The van der Waals surface area contributed by atoms with E-state index in [2.05, 4.69) is 51.8 Å². The Labute approximate surface area is 199 Å². The van der Waals surface area contributed by atoms with Crippen molar-refractivity contribution < 1.29 is 5.11 Å². The maximum absolute atomic E-state index is 7.00. The van der Waals surface area contributed by atoms with Crippen LogP contribution < -0.4 is 5.73 Å². The van der Waals surface area contributed by atoms with Gasteiger partial charge in [0.2, 0.25) is 0 Å². The third kappa shape index (κ3) is 4.01. The highest BCUT2D eigenvalue weighted by Gasteiger charge is 2.24. The van der Waals surface area contributed by atoms with E-state index < -0.39 is 0 Å². The first kappa shape index (κ1) is 22.0. The number of imidazole rings is 1. The van der Waals surface area contributed by atoms with Crippen LogP contribution in [0.4, 0.5) is 5.82 Å². The monoisotopic (exact) mass is 451 g/mol. The minimum Gasteiger partial charge on any atom is -0.400 e. The summed E-state index contributed by atoms with van der Waals surface area (Å²) in [5.41, 5.74) is 12.2. The second-order valence-corrected chi connectivity index (χ2v) is 8.65. The molecule has 2 aromatic carbocycles. The van der Waals surface area contributed by atoms with Gasteiger partial charge in [-0.3, -0.25) is 4.40 Å². The number of aromatic nitrogens is 4. The number of aliphatic hydroxyl groups is 1. The largest absolute Gasteiger partial charge is 0.400 e. The summed E-state index contributed by atoms with van der Waals surface area (Å²) in [5, 5.41) is 8.11. The molecule has 6 heteroatoms. The van der Waals surface area contributed by atoms with Crippen LogP contribution >= 0.6 is 0 Å². The zero-order valence-electron chi connectivity index (χ0n) is 19.4. The molecule has 1 aliphatic rings. The molecule has 0 atom stereocenters. The van der Waals surface area contributed by atoms with E-state index in [-0.39, 0.29) is 0 Å². The molecule has 1 aliphatic carbocycles. The van der Waals surface area contributed by atoms with Crippen LogP contribution in [0.1, 0.15) is 43.8 Å². The lowest BCUT2D eigenvalue weighted by atomic mass is 9.89. The van der Waals surface area contributed by atoms with Crippen molar-refractivity contribution in [3.05, 3.63) is 78.9 Å². The molecule has 0 bridgehead atoms. The maximum Gasteiger partial charge on any atom is 0.150 e. The molecule has 0 aliphatic heterocycles. The zero-order chi connectivity index (χ0) is 23.5. The first-order valence-electron chi connectivity index (χ1n) is 11.8. The van der Waals surface area contributed by atoms with Gasteiger partial charge in [0, 0.05) is 41.9 Å². The lowest BCUT2D eigenvalue weighted by Crippen LogP contribution is -2.09. The molecule has 1 fully saturated rings. The van der Waals surface area contributed by atoms with Gasteiger partial charge in [0.15, 0.2) is 0 Å². The van der Waals surface area contributed by atoms with Crippen LogP contribution in [0.25, 0.3) is 38.9 Å². The number of pyridine rings is 1. The lowest BCUT2D eigenvalue weighted by molar-refractivity contribution is 0.399. The Morgan fingerprint density at radius 3 is 2.44 bits per heavy atom. The lowest BCUT2D eigenvalue weighted by Gasteiger charge is -2.20. The van der Waals surface area contributed by atoms with Gasteiger partial charge < -0.3 is 10.8 Å². The van der Waals surface area contributed by atoms with Gasteiger partial charge in [-0.05, 0) is 25.0 Å². The zero-order valence-corrected chi connectivity index (χ0v) is 19.4. The number of hydrogen-bond donors (Lipinski definition) is 2. The van der Waals surface area contributed by atoms with Crippen LogP contribution in [0.15, 0.2) is 73.1 Å². The molecule has 0 spiro atoms. The van der Waals surface area contributed by atoms with Crippen molar-refractivity contribution in [3.63, 3.8) is 0 Å². The summed E-state index contributed by atoms with van der Waals surface area (Å²) < 4.78 is 2.16. The SMILES string of the molecule is CO.Nc1nccn2c(C3CCCCC3)nc(-c3ccc4ccc(-c5ccccc5)nc4c3)c12. The smallest absolute Gasteiger partial charge is 0.150 e. The summed E-state index contributed by atoms with van der Waals surface area (Å²) >= 11 is 0. The van der Waals surface area contributed by atoms with Gasteiger partial charge in [0.1, 0.15) is 22.9 Å². The van der Waals surface area contributed by atoms with Crippen LogP contribution in [0.2, 0.25) is 0 Å². The van der Waals surface area contributed by atoms with Gasteiger partial charge in [-0.15, -0.1) is 0 Å². The van der Waals surface area contributed by atoms with Crippen molar-refractivity contribution in [2.75, 3.05) is 12.8 Å². The molecular weight excluding hydrogens is 422 g/mol. The topological polar surface area (TPSA) is 89.3 Å². The molecule has 6 rings (SSSR count). The fraction of sp³-hybridized carbons (Fsp3) is 0.250. The summed E-state index contributed by atoms with van der Waals surface area (Å²) in [5.74, 6) is 2.09. The minimum absolute atomic E-state index is 0.468. The maximum atomic E-state index is 7.00. The molecule has 0 saturated heterocycles. The molecule has 34 heavy (non-hydrogen) atoms. The fourth-order valence-electron chi connectivity index (χ4n) is 4.97. The Morgan fingerprint density at radius 1 is 0.882 bits per heavy atom. The molecule has 3 N–H and O–H groups in total. The Hall–Kier alpha value is -3.77. The number of aliphatic hydroxyl groups excluding tert-OH is 1. The van der Waals surface area contributed by atoms with E-state index >= 15 is 0 Å². The number of anilines is 1. The summed E-state index contributed by atoms with van der Waals surface area (Å²) in [7, 11) is 1.00. The van der Waals surface area contributed by atoms with Crippen LogP contribution in [0.3, 0.4) is 0 Å². The molecule has 6 nitrogen and oxygen atoms in total. The molecule has 0 amide bonds. The van der Waals surface area contributed by atoms with E-state index in [1.807, 2.05) is 24.4 Å². The number of fused-ring (bicyclic) bond motifs is 2. The predicted octanol–water partition coefficient (Wildman–Crippen LogP) is 5.85. The van der Waals surface area contributed by atoms with Crippen LogP contribution in [0.5, 0.6) is 0 Å². The van der Waals surface area contributed by atoms with E-state index in [4.69, 9.17) is 20.8 Å². The van der Waals surface area contributed by atoms with Crippen LogP contribution in [-0.4, -0.2) is 31.6 Å². The van der Waals surface area contributed by atoms with E-state index in [1.54, 1.807) is 6.20 Å². The average molecular weight is 452 g/mol. The number of benzene rings is 2. The summed E-state index contributed by atoms with van der Waals surface area (Å²) in [4.78, 5) is 14.5. The van der Waals surface area contributed by atoms with Gasteiger partial charge in [-0.2, -0.15) is 0 Å². The number of nitrogens with zero attached hydrogens (tertiary/aromatic N) is 4. The molecule has 0 radical (unpaired) electrons. The second kappa shape index (κ2) is 9.61. The second-order valence-electron chi connectivity index (χ2n) is 8.65. The van der Waals surface area contributed by atoms with E-state index in [9.17, 15) is 0 Å². The molecule has 5 aromatic rings. The third-order valence-electron chi connectivity index (χ3n) is 6.62. The highest BCUT2D eigenvalue weighted by atomic mass is 16.2. The standard InChI is InChI=1S/C27H25N5.CH4O/c28-26-25-24(31-27(32(25)16-15-29-26)20-9-5-2-6-10-20)21-12-11-19-13-14-22(30-23(19)17-21)18-7-3-1-4-8-18;1-2/h1,3-4,7-8,11-17,20H,2,5-6,9-10H2,(H2,28,29);2H,1H3. The van der Waals surface area contributed by atoms with Gasteiger partial charge in [0.25, 0.3) is 0 Å². The summed E-state index contributed by atoms with van der Waals surface area (Å²) in [6.07, 6.45) is 9.97. The van der Waals surface area contributed by atoms with Gasteiger partial charge >= 0.3 is 0 Å². The predicted molar refractivity (Wildman–Crippen MR) is 138 cm³/mol. The average Bonchev–Trinajstić information content (AvgIpc) is 3.31. The van der Waals surface area contributed by atoms with Crippen molar-refractivity contribution in [2.45, 2.75) is 38.0 Å². The van der Waals surface area contributed by atoms with Gasteiger partial charge in [-0.25, -0.2) is 15.0 Å². The Kier molecular flexibility index (Phi) is 6.23. The van der Waals surface area contributed by atoms with E-state index in [1.165, 1.54) is 32.1 Å². The van der Waals surface area contributed by atoms with Gasteiger partial charge in [-0.1, -0.05) is 67.8 Å². The first-order valence-corrected chi connectivity index (χ1v) is 11.8. The molecule has 3 aromatic heterocycles. The summed E-state index contributed by atoms with van der Waals surface area (Å²) in [6, 6.07) is 20.8. The Bertz CT molecular complexity index is 1420. The third-order valence-corrected chi connectivity index (χ3v) is 6.62. The fourth-order valence-corrected chi connectivity index (χ4v) is 4.97. The quantitative estimate of drug-likeness (QED) is 0.359. The van der Waals surface area contributed by atoms with Crippen molar-refractivity contribution in [2.24, 2.45) is 0 Å². The normalized spacial score (nSPS) is 14.2. The molecular formula is C28H29N5O. The first-order chi connectivity index (χ1) is 16.8. The Balaban J connectivity index is 0.00000117.